The van der Waals surface area contributed by atoms with Gasteiger partial charge in [0.15, 0.2) is 0 Å². The number of nitrogens with zero attached hydrogens (tertiary/aromatic N) is 3. The summed E-state index contributed by atoms with van der Waals surface area (Å²) in [6, 6.07) is 1.21. The fraction of sp³-hybridized carbons (Fsp3) is 0.615. The largest absolute Gasteiger partial charge is 0.395 e. The van der Waals surface area contributed by atoms with Crippen molar-refractivity contribution in [1.29, 1.82) is 0 Å². The number of rotatable bonds is 7. The van der Waals surface area contributed by atoms with Gasteiger partial charge in [0.2, 0.25) is 0 Å². The number of amides is 1. The quantitative estimate of drug-likeness (QED) is 0.608. The summed E-state index contributed by atoms with van der Waals surface area (Å²) >= 11 is 0. The number of nitro groups is 1. The second-order valence-electron chi connectivity index (χ2n) is 4.85. The molecule has 20 heavy (non-hydrogen) atoms. The highest BCUT2D eigenvalue weighted by Gasteiger charge is 2.24. The van der Waals surface area contributed by atoms with E-state index in [1.807, 2.05) is 20.8 Å². The minimum Gasteiger partial charge on any atom is -0.395 e. The van der Waals surface area contributed by atoms with Crippen LogP contribution in [-0.4, -0.2) is 44.6 Å². The van der Waals surface area contributed by atoms with Crippen LogP contribution in [-0.2, 0) is 6.54 Å². The number of aliphatic hydroxyl groups is 1. The van der Waals surface area contributed by atoms with Crippen molar-refractivity contribution in [2.45, 2.75) is 39.8 Å². The molecule has 0 aromatic carbocycles. The molecule has 0 aliphatic heterocycles. The summed E-state index contributed by atoms with van der Waals surface area (Å²) in [5.41, 5.74) is 0.204. The smallest absolute Gasteiger partial charge is 0.287 e. The maximum Gasteiger partial charge on any atom is 0.287 e. The third kappa shape index (κ3) is 3.57. The van der Waals surface area contributed by atoms with E-state index in [2.05, 4.69) is 0 Å². The summed E-state index contributed by atoms with van der Waals surface area (Å²) in [6.45, 7) is 6.24. The Bertz CT molecular complexity index is 482. The fourth-order valence-corrected chi connectivity index (χ4v) is 2.05. The van der Waals surface area contributed by atoms with Crippen molar-refractivity contribution >= 4 is 11.6 Å². The molecule has 7 heteroatoms. The van der Waals surface area contributed by atoms with Crippen molar-refractivity contribution in [2.75, 3.05) is 13.2 Å². The van der Waals surface area contributed by atoms with Crippen molar-refractivity contribution in [2.24, 2.45) is 0 Å². The normalized spacial score (nSPS) is 10.8. The summed E-state index contributed by atoms with van der Waals surface area (Å²) < 4.78 is 1.60. The highest BCUT2D eigenvalue weighted by atomic mass is 16.6. The molecular weight excluding hydrogens is 262 g/mol. The molecule has 1 aromatic rings. The van der Waals surface area contributed by atoms with Crippen LogP contribution in [0, 0.1) is 10.1 Å². The van der Waals surface area contributed by atoms with Crippen LogP contribution in [0.4, 0.5) is 5.69 Å². The SMILES string of the molecule is CCCn1cc([N+](=O)[O-])cc1C(=O)N(CCO)C(C)C. The molecule has 112 valence electrons. The number of hydrogen-bond acceptors (Lipinski definition) is 4. The lowest BCUT2D eigenvalue weighted by Crippen LogP contribution is -2.39. The molecule has 7 nitrogen and oxygen atoms in total. The molecule has 0 bridgehead atoms. The molecule has 1 heterocycles. The molecule has 0 saturated heterocycles. The molecule has 0 aliphatic rings. The van der Waals surface area contributed by atoms with Gasteiger partial charge < -0.3 is 14.6 Å². The Morgan fingerprint density at radius 3 is 2.65 bits per heavy atom. The van der Waals surface area contributed by atoms with Gasteiger partial charge in [0.05, 0.1) is 17.7 Å². The van der Waals surface area contributed by atoms with Gasteiger partial charge in [-0.1, -0.05) is 6.92 Å². The van der Waals surface area contributed by atoms with Crippen molar-refractivity contribution in [3.05, 3.63) is 28.1 Å². The predicted octanol–water partition coefficient (Wildman–Crippen LogP) is 1.65. The first-order valence-corrected chi connectivity index (χ1v) is 6.68. The highest BCUT2D eigenvalue weighted by Crippen LogP contribution is 2.19. The van der Waals surface area contributed by atoms with Gasteiger partial charge in [-0.05, 0) is 20.3 Å². The van der Waals surface area contributed by atoms with Crippen molar-refractivity contribution in [3.63, 3.8) is 0 Å². The number of aliphatic hydroxyl groups excluding tert-OH is 1. The van der Waals surface area contributed by atoms with E-state index in [1.54, 1.807) is 4.57 Å². The van der Waals surface area contributed by atoms with Crippen LogP contribution in [0.3, 0.4) is 0 Å². The van der Waals surface area contributed by atoms with Crippen molar-refractivity contribution in [1.82, 2.24) is 9.47 Å². The molecule has 0 spiro atoms. The molecule has 1 aromatic heterocycles. The lowest BCUT2D eigenvalue weighted by atomic mass is 10.2. The Balaban J connectivity index is 3.14. The third-order valence-corrected chi connectivity index (χ3v) is 3.00. The number of hydrogen-bond donors (Lipinski definition) is 1. The Labute approximate surface area is 118 Å². The number of carbonyl (C=O) groups excluding carboxylic acids is 1. The van der Waals surface area contributed by atoms with Crippen LogP contribution in [0.5, 0.6) is 0 Å². The second-order valence-corrected chi connectivity index (χ2v) is 4.85. The minimum atomic E-state index is -0.505. The van der Waals surface area contributed by atoms with Crippen molar-refractivity contribution in [3.8, 4) is 0 Å². The molecular formula is C13H21N3O4. The molecule has 1 amide bonds. The van der Waals surface area contributed by atoms with E-state index in [4.69, 9.17) is 5.11 Å². The van der Waals surface area contributed by atoms with E-state index in [-0.39, 0.29) is 30.8 Å². The first kappa shape index (κ1) is 16.2. The first-order valence-electron chi connectivity index (χ1n) is 6.68. The monoisotopic (exact) mass is 283 g/mol. The zero-order valence-corrected chi connectivity index (χ0v) is 12.1. The molecule has 1 rings (SSSR count). The van der Waals surface area contributed by atoms with Crippen LogP contribution >= 0.6 is 0 Å². The van der Waals surface area contributed by atoms with Gasteiger partial charge in [-0.3, -0.25) is 14.9 Å². The minimum absolute atomic E-state index is 0.0846. The highest BCUT2D eigenvalue weighted by molar-refractivity contribution is 5.93. The van der Waals surface area contributed by atoms with Crippen molar-refractivity contribution < 1.29 is 14.8 Å². The van der Waals surface area contributed by atoms with Crippen LogP contribution in [0.2, 0.25) is 0 Å². The maximum absolute atomic E-state index is 12.5. The van der Waals surface area contributed by atoms with Crippen LogP contribution in [0.15, 0.2) is 12.3 Å². The summed E-state index contributed by atoms with van der Waals surface area (Å²) in [4.78, 5) is 24.3. The number of carbonyl (C=O) groups is 1. The lowest BCUT2D eigenvalue weighted by molar-refractivity contribution is -0.384. The van der Waals surface area contributed by atoms with Gasteiger partial charge in [0, 0.05) is 25.2 Å². The average Bonchev–Trinajstić information content (AvgIpc) is 2.79. The third-order valence-electron chi connectivity index (χ3n) is 3.00. The van der Waals surface area contributed by atoms with Gasteiger partial charge in [-0.25, -0.2) is 0 Å². The van der Waals surface area contributed by atoms with Gasteiger partial charge in [0.1, 0.15) is 5.69 Å². The summed E-state index contributed by atoms with van der Waals surface area (Å²) in [7, 11) is 0. The first-order chi connectivity index (χ1) is 9.42. The predicted molar refractivity (Wildman–Crippen MR) is 74.6 cm³/mol. The Morgan fingerprint density at radius 1 is 1.55 bits per heavy atom. The van der Waals surface area contributed by atoms with Crippen LogP contribution in [0.1, 0.15) is 37.7 Å². The van der Waals surface area contributed by atoms with Gasteiger partial charge >= 0.3 is 0 Å². The Morgan fingerprint density at radius 2 is 2.20 bits per heavy atom. The fourth-order valence-electron chi connectivity index (χ4n) is 2.05. The standard InChI is InChI=1S/C13H21N3O4/c1-4-5-14-9-11(16(19)20)8-12(14)13(18)15(6-7-17)10(2)3/h8-10,17H,4-7H2,1-3H3. The Hall–Kier alpha value is -1.89. The Kier molecular flexibility index (Phi) is 5.69. The van der Waals surface area contributed by atoms with E-state index in [0.29, 0.717) is 12.2 Å². The lowest BCUT2D eigenvalue weighted by Gasteiger charge is -2.26. The summed E-state index contributed by atoms with van der Waals surface area (Å²) in [6.07, 6.45) is 2.15. The number of aryl methyl sites for hydroxylation is 1. The summed E-state index contributed by atoms with van der Waals surface area (Å²) in [5.74, 6) is -0.296. The molecule has 0 atom stereocenters. The molecule has 0 fully saturated rings. The number of aromatic nitrogens is 1. The second kappa shape index (κ2) is 7.04. The topological polar surface area (TPSA) is 88.6 Å². The summed E-state index contributed by atoms with van der Waals surface area (Å²) in [5, 5.41) is 19.9. The van der Waals surface area contributed by atoms with E-state index < -0.39 is 4.92 Å². The van der Waals surface area contributed by atoms with E-state index in [1.165, 1.54) is 17.2 Å². The van der Waals surface area contributed by atoms with Crippen LogP contribution in [0.25, 0.3) is 0 Å². The van der Waals surface area contributed by atoms with Gasteiger partial charge in [-0.15, -0.1) is 0 Å². The molecule has 0 radical (unpaired) electrons. The van der Waals surface area contributed by atoms with E-state index in [9.17, 15) is 14.9 Å². The van der Waals surface area contributed by atoms with E-state index >= 15 is 0 Å². The van der Waals surface area contributed by atoms with E-state index in [0.717, 1.165) is 6.42 Å². The average molecular weight is 283 g/mol. The van der Waals surface area contributed by atoms with Gasteiger partial charge in [-0.2, -0.15) is 0 Å². The molecule has 0 aliphatic carbocycles. The molecule has 0 unspecified atom stereocenters. The molecule has 0 saturated carbocycles. The molecule has 1 N–H and O–H groups in total. The van der Waals surface area contributed by atoms with Gasteiger partial charge in [0.25, 0.3) is 11.6 Å². The van der Waals surface area contributed by atoms with Crippen LogP contribution < -0.4 is 0 Å². The zero-order valence-electron chi connectivity index (χ0n) is 12.1. The maximum atomic E-state index is 12.5. The zero-order chi connectivity index (χ0) is 15.3.